The lowest BCUT2D eigenvalue weighted by atomic mass is 10.2. The first-order valence-corrected chi connectivity index (χ1v) is 9.84. The van der Waals surface area contributed by atoms with Crippen LogP contribution < -0.4 is 4.57 Å². The number of hydrogen-bond acceptors (Lipinski definition) is 1. The molecule has 0 amide bonds. The van der Waals surface area contributed by atoms with Crippen LogP contribution in [0.25, 0.3) is 0 Å². The van der Waals surface area contributed by atoms with Gasteiger partial charge < -0.3 is 4.57 Å². The fraction of sp³-hybridized carbons (Fsp3) is 0.467. The minimum atomic E-state index is -1.39. The fourth-order valence-electron chi connectivity index (χ4n) is 2.11. The van der Waals surface area contributed by atoms with E-state index >= 15 is 0 Å². The molecule has 0 heterocycles. The van der Waals surface area contributed by atoms with Crippen molar-refractivity contribution in [2.75, 3.05) is 4.57 Å². The summed E-state index contributed by atoms with van der Waals surface area (Å²) in [6, 6.07) is 10.8. The van der Waals surface area contributed by atoms with Crippen LogP contribution in [0.2, 0.25) is 19.6 Å². The Hall–Kier alpha value is -1.02. The highest BCUT2D eigenvalue weighted by Gasteiger charge is 2.26. The first-order chi connectivity index (χ1) is 7.88. The van der Waals surface area contributed by atoms with Gasteiger partial charge in [0.2, 0.25) is 0 Å². The Morgan fingerprint density at radius 2 is 1.59 bits per heavy atom. The van der Waals surface area contributed by atoms with Crippen molar-refractivity contribution in [2.24, 2.45) is 0 Å². The van der Waals surface area contributed by atoms with Gasteiger partial charge in [-0.1, -0.05) is 50.3 Å². The second-order valence-electron chi connectivity index (χ2n) is 5.56. The van der Waals surface area contributed by atoms with Gasteiger partial charge in [0, 0.05) is 11.4 Å². The Balaban J connectivity index is 3.25. The zero-order valence-electron chi connectivity index (χ0n) is 12.0. The summed E-state index contributed by atoms with van der Waals surface area (Å²) < 4.78 is 2.56. The van der Waals surface area contributed by atoms with Crippen LogP contribution >= 0.6 is 0 Å². The van der Waals surface area contributed by atoms with E-state index in [4.69, 9.17) is 0 Å². The molecule has 0 saturated carbocycles. The van der Waals surface area contributed by atoms with E-state index < -0.39 is 8.24 Å². The fourth-order valence-corrected chi connectivity index (χ4v) is 4.23. The summed E-state index contributed by atoms with van der Waals surface area (Å²) in [7, 11) is -1.39. The molecule has 0 aliphatic carbocycles. The average Bonchev–Trinajstić information content (AvgIpc) is 2.27. The smallest absolute Gasteiger partial charge is 0.153 e. The second-order valence-corrected chi connectivity index (χ2v) is 10.3. The molecule has 1 aromatic carbocycles. The predicted molar refractivity (Wildman–Crippen MR) is 80.9 cm³/mol. The van der Waals surface area contributed by atoms with Gasteiger partial charge in [-0.25, -0.2) is 0 Å². The lowest BCUT2D eigenvalue weighted by Gasteiger charge is -2.38. The van der Waals surface area contributed by atoms with Crippen LogP contribution in [0.3, 0.4) is 0 Å². The number of allylic oxidation sites excluding steroid dienone is 2. The van der Waals surface area contributed by atoms with E-state index in [2.05, 4.69) is 75.3 Å². The Morgan fingerprint density at radius 3 is 2.00 bits per heavy atom. The zero-order valence-corrected chi connectivity index (χ0v) is 13.0. The average molecular weight is 247 g/mol. The molecule has 0 aromatic heterocycles. The molecular weight excluding hydrogens is 222 g/mol. The monoisotopic (exact) mass is 247 g/mol. The minimum absolute atomic E-state index is 1.12. The van der Waals surface area contributed by atoms with Gasteiger partial charge in [-0.05, 0) is 32.4 Å². The van der Waals surface area contributed by atoms with Crippen LogP contribution in [0.1, 0.15) is 27.2 Å². The maximum atomic E-state index is 2.56. The Morgan fingerprint density at radius 1 is 1.06 bits per heavy atom. The zero-order chi connectivity index (χ0) is 13.1. The summed E-state index contributed by atoms with van der Waals surface area (Å²) >= 11 is 0. The van der Waals surface area contributed by atoms with E-state index in [1.54, 1.807) is 0 Å². The number of anilines is 1. The largest absolute Gasteiger partial charge is 0.373 e. The number of rotatable bonds is 4. The van der Waals surface area contributed by atoms with Gasteiger partial charge in [0.05, 0.1) is 0 Å². The molecule has 0 unspecified atom stereocenters. The van der Waals surface area contributed by atoms with Crippen molar-refractivity contribution in [1.82, 2.24) is 0 Å². The molecule has 0 bridgehead atoms. The van der Waals surface area contributed by atoms with Crippen molar-refractivity contribution in [2.45, 2.75) is 46.8 Å². The SMILES string of the molecule is CC/C(C)=C(/C)N(c1ccccc1)[Si](C)(C)C. The van der Waals surface area contributed by atoms with Gasteiger partial charge in [0.1, 0.15) is 0 Å². The minimum Gasteiger partial charge on any atom is -0.373 e. The van der Waals surface area contributed by atoms with E-state index in [1.165, 1.54) is 17.0 Å². The molecule has 1 nitrogen and oxygen atoms in total. The third-order valence-electron chi connectivity index (χ3n) is 3.17. The molecule has 0 spiro atoms. The predicted octanol–water partition coefficient (Wildman–Crippen LogP) is 5.03. The molecule has 1 aromatic rings. The van der Waals surface area contributed by atoms with E-state index in [1.807, 2.05) is 0 Å². The van der Waals surface area contributed by atoms with Crippen LogP contribution in [0.15, 0.2) is 41.6 Å². The summed E-state index contributed by atoms with van der Waals surface area (Å²) in [4.78, 5) is 0. The van der Waals surface area contributed by atoms with Crippen molar-refractivity contribution >= 4 is 13.9 Å². The van der Waals surface area contributed by atoms with Gasteiger partial charge in [-0.2, -0.15) is 0 Å². The Kier molecular flexibility index (Phi) is 4.58. The first-order valence-electron chi connectivity index (χ1n) is 6.39. The number of hydrogen-bond donors (Lipinski definition) is 0. The van der Waals surface area contributed by atoms with Crippen molar-refractivity contribution in [3.63, 3.8) is 0 Å². The molecular formula is C15H25NSi. The standard InChI is InChI=1S/C15H25NSi/c1-7-13(2)14(3)16(17(4,5)6)15-11-9-8-10-12-15/h8-12H,7H2,1-6H3/b14-13-. The van der Waals surface area contributed by atoms with E-state index in [0.29, 0.717) is 0 Å². The molecule has 0 fully saturated rings. The highest BCUT2D eigenvalue weighted by Crippen LogP contribution is 2.28. The van der Waals surface area contributed by atoms with Gasteiger partial charge in [0.15, 0.2) is 8.24 Å². The van der Waals surface area contributed by atoms with Gasteiger partial charge in [-0.3, -0.25) is 0 Å². The first kappa shape index (κ1) is 14.0. The Labute approximate surface area is 107 Å². The van der Waals surface area contributed by atoms with Crippen molar-refractivity contribution in [1.29, 1.82) is 0 Å². The maximum Gasteiger partial charge on any atom is 0.153 e. The van der Waals surface area contributed by atoms with Crippen molar-refractivity contribution in [3.8, 4) is 0 Å². The van der Waals surface area contributed by atoms with Crippen molar-refractivity contribution in [3.05, 3.63) is 41.6 Å². The summed E-state index contributed by atoms with van der Waals surface area (Å²) in [5.74, 6) is 0. The molecule has 0 atom stereocenters. The van der Waals surface area contributed by atoms with Gasteiger partial charge in [-0.15, -0.1) is 0 Å². The molecule has 2 heteroatoms. The molecule has 0 aliphatic rings. The lowest BCUT2D eigenvalue weighted by molar-refractivity contribution is 1.02. The normalized spacial score (nSPS) is 13.3. The summed E-state index contributed by atoms with van der Waals surface area (Å²) in [6.45, 7) is 13.9. The van der Waals surface area contributed by atoms with E-state index in [0.717, 1.165) is 6.42 Å². The van der Waals surface area contributed by atoms with E-state index in [9.17, 15) is 0 Å². The summed E-state index contributed by atoms with van der Waals surface area (Å²) in [5, 5.41) is 0. The molecule has 0 radical (unpaired) electrons. The molecule has 0 N–H and O–H groups in total. The van der Waals surface area contributed by atoms with Crippen molar-refractivity contribution < 1.29 is 0 Å². The van der Waals surface area contributed by atoms with Gasteiger partial charge >= 0.3 is 0 Å². The van der Waals surface area contributed by atoms with Gasteiger partial charge in [0.25, 0.3) is 0 Å². The summed E-state index contributed by atoms with van der Waals surface area (Å²) in [5.41, 5.74) is 4.24. The molecule has 94 valence electrons. The molecule has 1 rings (SSSR count). The Bertz CT molecular complexity index is 387. The highest BCUT2D eigenvalue weighted by atomic mass is 28.3. The number of nitrogens with zero attached hydrogens (tertiary/aromatic N) is 1. The lowest BCUT2D eigenvalue weighted by Crippen LogP contribution is -2.45. The third kappa shape index (κ3) is 3.47. The van der Waals surface area contributed by atoms with Crippen LogP contribution in [0.4, 0.5) is 5.69 Å². The molecule has 17 heavy (non-hydrogen) atoms. The van der Waals surface area contributed by atoms with Crippen LogP contribution in [0, 0.1) is 0 Å². The summed E-state index contributed by atoms with van der Waals surface area (Å²) in [6.07, 6.45) is 1.12. The molecule has 0 aliphatic heterocycles. The van der Waals surface area contributed by atoms with Crippen LogP contribution in [-0.2, 0) is 0 Å². The second kappa shape index (κ2) is 5.54. The third-order valence-corrected chi connectivity index (χ3v) is 5.10. The number of benzene rings is 1. The number of para-hydroxylation sites is 1. The maximum absolute atomic E-state index is 2.56. The topological polar surface area (TPSA) is 3.24 Å². The van der Waals surface area contributed by atoms with E-state index in [-0.39, 0.29) is 0 Å². The van der Waals surface area contributed by atoms with Crippen LogP contribution in [-0.4, -0.2) is 8.24 Å². The van der Waals surface area contributed by atoms with Crippen LogP contribution in [0.5, 0.6) is 0 Å². The quantitative estimate of drug-likeness (QED) is 0.674. The molecule has 0 saturated heterocycles. The highest BCUT2D eigenvalue weighted by molar-refractivity contribution is 6.80.